The van der Waals surface area contributed by atoms with E-state index >= 15 is 0 Å². The summed E-state index contributed by atoms with van der Waals surface area (Å²) in [6, 6.07) is 16.5. The number of halogens is 1. The average molecular weight is 367 g/mol. The van der Waals surface area contributed by atoms with Gasteiger partial charge in [0.25, 0.3) is 5.91 Å². The number of benzene rings is 2. The number of carbonyl (C=O) groups excluding carboxylic acids is 1. The number of H-pyrrole nitrogens is 2. The number of fused-ring (bicyclic) bond motifs is 1. The lowest BCUT2D eigenvalue weighted by Crippen LogP contribution is -2.12. The van der Waals surface area contributed by atoms with Crippen LogP contribution in [0.25, 0.3) is 22.2 Å². The Morgan fingerprint density at radius 3 is 2.85 bits per heavy atom. The molecule has 130 valence electrons. The molecule has 0 saturated carbocycles. The highest BCUT2D eigenvalue weighted by Gasteiger charge is 2.13. The molecule has 2 aromatic heterocycles. The zero-order chi connectivity index (χ0) is 18.1. The number of amides is 1. The molecule has 0 aliphatic carbocycles. The molecule has 6 nitrogen and oxygen atoms in total. The molecule has 0 atom stereocenters. The summed E-state index contributed by atoms with van der Waals surface area (Å²) in [5, 5.41) is 11.4. The summed E-state index contributed by atoms with van der Waals surface area (Å²) in [6.45, 7) is 0. The molecule has 0 fully saturated rings. The van der Waals surface area contributed by atoms with Crippen molar-refractivity contribution >= 4 is 34.2 Å². The lowest BCUT2D eigenvalue weighted by Gasteiger charge is -2.05. The Hall–Kier alpha value is -3.25. The highest BCUT2D eigenvalue weighted by atomic mass is 35.5. The van der Waals surface area contributed by atoms with Crippen LogP contribution in [0.2, 0.25) is 5.02 Å². The number of hydrogen-bond donors (Lipinski definition) is 3. The van der Waals surface area contributed by atoms with Crippen molar-refractivity contribution in [3.63, 3.8) is 0 Å². The molecule has 2 heterocycles. The monoisotopic (exact) mass is 366 g/mol. The van der Waals surface area contributed by atoms with Gasteiger partial charge in [0.15, 0.2) is 5.82 Å². The second-order valence-electron chi connectivity index (χ2n) is 5.74. The third-order valence-electron chi connectivity index (χ3n) is 4.05. The highest BCUT2D eigenvalue weighted by Crippen LogP contribution is 2.29. The van der Waals surface area contributed by atoms with E-state index in [-0.39, 0.29) is 5.91 Å². The van der Waals surface area contributed by atoms with Gasteiger partial charge in [-0.1, -0.05) is 29.8 Å². The fourth-order valence-corrected chi connectivity index (χ4v) is 2.97. The standard InChI is InChI=1S/C19H15ClN4O2/c1-26-17-5-3-2-4-13(17)15-10-18(24-23-15)22-19(25)16-8-11-6-7-12(20)9-14(11)21-16/h2-10,21H,1H3,(H2,22,23,24,25). The molecule has 4 rings (SSSR count). The average Bonchev–Trinajstić information content (AvgIpc) is 3.28. The van der Waals surface area contributed by atoms with Gasteiger partial charge in [0.2, 0.25) is 0 Å². The number of hydrogen-bond acceptors (Lipinski definition) is 3. The molecule has 1 amide bonds. The summed E-state index contributed by atoms with van der Waals surface area (Å²) >= 11 is 5.98. The molecule has 0 saturated heterocycles. The van der Waals surface area contributed by atoms with E-state index in [1.807, 2.05) is 30.3 Å². The Morgan fingerprint density at radius 1 is 1.15 bits per heavy atom. The SMILES string of the molecule is COc1ccccc1-c1cc(NC(=O)c2cc3ccc(Cl)cc3[nH]2)n[nH]1. The first-order valence-electron chi connectivity index (χ1n) is 7.92. The van der Waals surface area contributed by atoms with Gasteiger partial charge in [-0.2, -0.15) is 5.10 Å². The van der Waals surface area contributed by atoms with Crippen molar-refractivity contribution < 1.29 is 9.53 Å². The molecule has 2 aromatic carbocycles. The number of anilines is 1. The number of methoxy groups -OCH3 is 1. The highest BCUT2D eigenvalue weighted by molar-refractivity contribution is 6.31. The number of aromatic amines is 2. The van der Waals surface area contributed by atoms with E-state index in [0.29, 0.717) is 16.5 Å². The van der Waals surface area contributed by atoms with Crippen molar-refractivity contribution in [1.82, 2.24) is 15.2 Å². The van der Waals surface area contributed by atoms with E-state index in [4.69, 9.17) is 16.3 Å². The molecular formula is C19H15ClN4O2. The number of rotatable bonds is 4. The molecule has 0 unspecified atom stereocenters. The number of para-hydroxylation sites is 1. The molecule has 26 heavy (non-hydrogen) atoms. The smallest absolute Gasteiger partial charge is 0.273 e. The second-order valence-corrected chi connectivity index (χ2v) is 6.17. The van der Waals surface area contributed by atoms with E-state index in [0.717, 1.165) is 27.9 Å². The van der Waals surface area contributed by atoms with Crippen LogP contribution in [-0.2, 0) is 0 Å². The van der Waals surface area contributed by atoms with Gasteiger partial charge in [0.1, 0.15) is 11.4 Å². The van der Waals surface area contributed by atoms with Crippen LogP contribution in [0.5, 0.6) is 5.75 Å². The van der Waals surface area contributed by atoms with Crippen LogP contribution in [-0.4, -0.2) is 28.2 Å². The quantitative estimate of drug-likeness (QED) is 0.498. The van der Waals surface area contributed by atoms with Crippen molar-refractivity contribution in [3.05, 3.63) is 65.3 Å². The van der Waals surface area contributed by atoms with Gasteiger partial charge < -0.3 is 15.0 Å². The lowest BCUT2D eigenvalue weighted by atomic mass is 10.1. The first-order chi connectivity index (χ1) is 12.6. The summed E-state index contributed by atoms with van der Waals surface area (Å²) in [7, 11) is 1.61. The van der Waals surface area contributed by atoms with Gasteiger partial charge in [0.05, 0.1) is 12.8 Å². The first kappa shape index (κ1) is 16.2. The van der Waals surface area contributed by atoms with Crippen LogP contribution in [0.3, 0.4) is 0 Å². The fourth-order valence-electron chi connectivity index (χ4n) is 2.80. The summed E-state index contributed by atoms with van der Waals surface area (Å²) in [4.78, 5) is 15.5. The van der Waals surface area contributed by atoms with Crippen molar-refractivity contribution in [3.8, 4) is 17.0 Å². The predicted octanol–water partition coefficient (Wildman–Crippen LogP) is 4.47. The van der Waals surface area contributed by atoms with Crippen molar-refractivity contribution in [2.45, 2.75) is 0 Å². The van der Waals surface area contributed by atoms with Gasteiger partial charge in [-0.25, -0.2) is 0 Å². The molecule has 0 spiro atoms. The lowest BCUT2D eigenvalue weighted by molar-refractivity contribution is 0.102. The summed E-state index contributed by atoms with van der Waals surface area (Å²) in [5.74, 6) is 0.865. The number of aromatic nitrogens is 3. The zero-order valence-corrected chi connectivity index (χ0v) is 14.6. The number of carbonyl (C=O) groups is 1. The first-order valence-corrected chi connectivity index (χ1v) is 8.30. The van der Waals surface area contributed by atoms with Crippen LogP contribution < -0.4 is 10.1 Å². The number of nitrogens with one attached hydrogen (secondary N) is 3. The fraction of sp³-hybridized carbons (Fsp3) is 0.0526. The van der Waals surface area contributed by atoms with E-state index in [1.165, 1.54) is 0 Å². The summed E-state index contributed by atoms with van der Waals surface area (Å²) in [5.41, 5.74) is 2.85. The molecule has 0 radical (unpaired) electrons. The largest absolute Gasteiger partial charge is 0.496 e. The van der Waals surface area contributed by atoms with Gasteiger partial charge in [-0.15, -0.1) is 0 Å². The van der Waals surface area contributed by atoms with Crippen molar-refractivity contribution in [1.29, 1.82) is 0 Å². The van der Waals surface area contributed by atoms with Gasteiger partial charge in [-0.3, -0.25) is 9.89 Å². The van der Waals surface area contributed by atoms with Gasteiger partial charge in [-0.05, 0) is 30.3 Å². The van der Waals surface area contributed by atoms with Gasteiger partial charge in [0, 0.05) is 27.6 Å². The maximum Gasteiger partial charge on any atom is 0.273 e. The van der Waals surface area contributed by atoms with E-state index in [1.54, 1.807) is 31.4 Å². The molecule has 7 heteroatoms. The normalized spacial score (nSPS) is 10.8. The second kappa shape index (κ2) is 6.57. The summed E-state index contributed by atoms with van der Waals surface area (Å²) < 4.78 is 5.35. The molecule has 0 aliphatic rings. The Labute approximate surface area is 154 Å². The molecule has 0 aliphatic heterocycles. The third kappa shape index (κ3) is 3.02. The van der Waals surface area contributed by atoms with Crippen LogP contribution in [0.4, 0.5) is 5.82 Å². The maximum absolute atomic E-state index is 12.5. The van der Waals surface area contributed by atoms with E-state index in [9.17, 15) is 4.79 Å². The Morgan fingerprint density at radius 2 is 2.00 bits per heavy atom. The van der Waals surface area contributed by atoms with E-state index in [2.05, 4.69) is 20.5 Å². The Kier molecular flexibility index (Phi) is 4.10. The number of ether oxygens (including phenoxy) is 1. The van der Waals surface area contributed by atoms with Crippen LogP contribution in [0, 0.1) is 0 Å². The Balaban J connectivity index is 1.57. The number of nitrogens with zero attached hydrogens (tertiary/aromatic N) is 1. The Bertz CT molecular complexity index is 1100. The molecule has 4 aromatic rings. The molecule has 3 N–H and O–H groups in total. The minimum Gasteiger partial charge on any atom is -0.496 e. The zero-order valence-electron chi connectivity index (χ0n) is 13.8. The molecule has 0 bridgehead atoms. The maximum atomic E-state index is 12.5. The molecular weight excluding hydrogens is 352 g/mol. The van der Waals surface area contributed by atoms with Crippen LogP contribution in [0.1, 0.15) is 10.5 Å². The predicted molar refractivity (Wildman–Crippen MR) is 102 cm³/mol. The van der Waals surface area contributed by atoms with Crippen molar-refractivity contribution in [2.24, 2.45) is 0 Å². The topological polar surface area (TPSA) is 82.8 Å². The van der Waals surface area contributed by atoms with E-state index < -0.39 is 0 Å². The minimum atomic E-state index is -0.282. The van der Waals surface area contributed by atoms with Crippen LogP contribution >= 0.6 is 11.6 Å². The van der Waals surface area contributed by atoms with Crippen LogP contribution in [0.15, 0.2) is 54.6 Å². The van der Waals surface area contributed by atoms with Crippen molar-refractivity contribution in [2.75, 3.05) is 12.4 Å². The minimum absolute atomic E-state index is 0.282. The third-order valence-corrected chi connectivity index (χ3v) is 4.28. The van der Waals surface area contributed by atoms with Gasteiger partial charge >= 0.3 is 0 Å². The summed E-state index contributed by atoms with van der Waals surface area (Å²) in [6.07, 6.45) is 0.